The molecular formula is C18H18O2. The molecule has 1 aliphatic rings. The van der Waals surface area contributed by atoms with Gasteiger partial charge in [0.1, 0.15) is 5.75 Å². The number of ether oxygens (including phenoxy) is 1. The van der Waals surface area contributed by atoms with E-state index in [1.165, 1.54) is 5.56 Å². The highest BCUT2D eigenvalue weighted by Gasteiger charge is 2.19. The summed E-state index contributed by atoms with van der Waals surface area (Å²) in [6.45, 7) is 2.75. The van der Waals surface area contributed by atoms with Crippen molar-refractivity contribution in [3.63, 3.8) is 0 Å². The molecule has 0 spiro atoms. The smallest absolute Gasteiger partial charge is 0.170 e. The molecule has 0 bridgehead atoms. The molecule has 3 rings (SSSR count). The van der Waals surface area contributed by atoms with E-state index < -0.39 is 0 Å². The van der Waals surface area contributed by atoms with Crippen LogP contribution in [0.5, 0.6) is 5.75 Å². The third kappa shape index (κ3) is 2.60. The molecule has 0 atom stereocenters. The van der Waals surface area contributed by atoms with Gasteiger partial charge >= 0.3 is 0 Å². The van der Waals surface area contributed by atoms with Crippen molar-refractivity contribution in [2.24, 2.45) is 0 Å². The first-order valence-electron chi connectivity index (χ1n) is 7.07. The molecule has 2 aromatic carbocycles. The monoisotopic (exact) mass is 266 g/mol. The third-order valence-electron chi connectivity index (χ3n) is 3.68. The molecule has 0 amide bonds. The van der Waals surface area contributed by atoms with E-state index in [4.69, 9.17) is 4.74 Å². The predicted molar refractivity (Wildman–Crippen MR) is 79.5 cm³/mol. The van der Waals surface area contributed by atoms with Crippen LogP contribution in [0.15, 0.2) is 42.5 Å². The largest absolute Gasteiger partial charge is 0.493 e. The number of benzene rings is 2. The van der Waals surface area contributed by atoms with Crippen molar-refractivity contribution < 1.29 is 9.53 Å². The molecule has 0 N–H and O–H groups in total. The van der Waals surface area contributed by atoms with Crippen molar-refractivity contribution in [3.8, 4) is 5.75 Å². The lowest BCUT2D eigenvalue weighted by atomic mass is 9.96. The Balaban J connectivity index is 1.88. The van der Waals surface area contributed by atoms with E-state index in [1.54, 1.807) is 0 Å². The molecule has 0 aromatic heterocycles. The number of ketones is 1. The zero-order valence-corrected chi connectivity index (χ0v) is 11.7. The van der Waals surface area contributed by atoms with Crippen LogP contribution in [0, 0.1) is 6.92 Å². The summed E-state index contributed by atoms with van der Waals surface area (Å²) in [5.74, 6) is 0.936. The number of carbonyl (C=O) groups is 1. The van der Waals surface area contributed by atoms with Gasteiger partial charge in [0.25, 0.3) is 0 Å². The first-order chi connectivity index (χ1) is 9.74. The Bertz CT molecular complexity index is 644. The summed E-state index contributed by atoms with van der Waals surface area (Å²) in [6, 6.07) is 14.0. The highest BCUT2D eigenvalue weighted by molar-refractivity contribution is 6.00. The molecule has 1 heterocycles. The van der Waals surface area contributed by atoms with Gasteiger partial charge in [-0.05, 0) is 37.0 Å². The summed E-state index contributed by atoms with van der Waals surface area (Å²) in [4.78, 5) is 12.5. The second-order valence-electron chi connectivity index (χ2n) is 5.33. The van der Waals surface area contributed by atoms with Crippen LogP contribution >= 0.6 is 0 Å². The van der Waals surface area contributed by atoms with Crippen LogP contribution in [0.3, 0.4) is 0 Å². The SMILES string of the molecule is Cc1cccc(CC(=O)c2cccc3c2OCCC3)c1. The number of carbonyl (C=O) groups excluding carboxylic acids is 1. The van der Waals surface area contributed by atoms with Crippen molar-refractivity contribution in [1.29, 1.82) is 0 Å². The fourth-order valence-electron chi connectivity index (χ4n) is 2.71. The Hall–Kier alpha value is -2.09. The normalized spacial score (nSPS) is 13.4. The van der Waals surface area contributed by atoms with Crippen LogP contribution in [-0.4, -0.2) is 12.4 Å². The fourth-order valence-corrected chi connectivity index (χ4v) is 2.71. The molecule has 1 aliphatic heterocycles. The van der Waals surface area contributed by atoms with Gasteiger partial charge in [-0.25, -0.2) is 0 Å². The van der Waals surface area contributed by atoms with Crippen LogP contribution < -0.4 is 4.74 Å². The molecule has 2 nitrogen and oxygen atoms in total. The summed E-state index contributed by atoms with van der Waals surface area (Å²) in [5, 5.41) is 0. The quantitative estimate of drug-likeness (QED) is 0.791. The van der Waals surface area contributed by atoms with Gasteiger partial charge in [0.05, 0.1) is 12.2 Å². The van der Waals surface area contributed by atoms with Crippen LogP contribution in [0.1, 0.15) is 33.5 Å². The van der Waals surface area contributed by atoms with E-state index in [-0.39, 0.29) is 5.78 Å². The molecular weight excluding hydrogens is 248 g/mol. The number of hydrogen-bond donors (Lipinski definition) is 0. The maximum absolute atomic E-state index is 12.5. The summed E-state index contributed by atoms with van der Waals surface area (Å²) in [5.41, 5.74) is 4.13. The maximum atomic E-state index is 12.5. The molecule has 20 heavy (non-hydrogen) atoms. The van der Waals surface area contributed by atoms with Crippen LogP contribution in [0.25, 0.3) is 0 Å². The molecule has 0 saturated carbocycles. The molecule has 0 unspecified atom stereocenters. The van der Waals surface area contributed by atoms with Crippen molar-refractivity contribution in [2.45, 2.75) is 26.2 Å². The number of Topliss-reactive ketones (excluding diaryl/α,β-unsaturated/α-hetero) is 1. The predicted octanol–water partition coefficient (Wildman–Crippen LogP) is 3.75. The minimum atomic E-state index is 0.134. The van der Waals surface area contributed by atoms with Gasteiger partial charge in [0.15, 0.2) is 5.78 Å². The third-order valence-corrected chi connectivity index (χ3v) is 3.68. The molecule has 102 valence electrons. The lowest BCUT2D eigenvalue weighted by Gasteiger charge is -2.19. The number of para-hydroxylation sites is 1. The molecule has 2 heteroatoms. The van der Waals surface area contributed by atoms with Crippen LogP contribution in [0.4, 0.5) is 0 Å². The standard InChI is InChI=1S/C18H18O2/c1-13-5-2-6-14(11-13)12-17(19)16-9-3-7-15-8-4-10-20-18(15)16/h2-3,5-7,9,11H,4,8,10,12H2,1H3. The van der Waals surface area contributed by atoms with Crippen LogP contribution in [0.2, 0.25) is 0 Å². The summed E-state index contributed by atoms with van der Waals surface area (Å²) < 4.78 is 5.72. The van der Waals surface area contributed by atoms with Gasteiger partial charge in [-0.1, -0.05) is 42.0 Å². The Morgan fingerprint density at radius 3 is 2.90 bits per heavy atom. The highest BCUT2D eigenvalue weighted by Crippen LogP contribution is 2.29. The Morgan fingerprint density at radius 1 is 1.20 bits per heavy atom. The molecule has 0 aliphatic carbocycles. The van der Waals surface area contributed by atoms with Gasteiger partial charge in [-0.2, -0.15) is 0 Å². The number of hydrogen-bond acceptors (Lipinski definition) is 2. The Labute approximate surface area is 119 Å². The second kappa shape index (κ2) is 5.49. The highest BCUT2D eigenvalue weighted by atomic mass is 16.5. The average molecular weight is 266 g/mol. The zero-order chi connectivity index (χ0) is 13.9. The van der Waals surface area contributed by atoms with Gasteiger partial charge in [-0.3, -0.25) is 4.79 Å². The number of aryl methyl sites for hydroxylation is 2. The van der Waals surface area contributed by atoms with Crippen molar-refractivity contribution in [1.82, 2.24) is 0 Å². The van der Waals surface area contributed by atoms with Gasteiger partial charge in [0.2, 0.25) is 0 Å². The second-order valence-corrected chi connectivity index (χ2v) is 5.33. The number of fused-ring (bicyclic) bond motifs is 1. The molecule has 0 radical (unpaired) electrons. The van der Waals surface area contributed by atoms with Gasteiger partial charge in [-0.15, -0.1) is 0 Å². The van der Waals surface area contributed by atoms with E-state index in [0.29, 0.717) is 13.0 Å². The van der Waals surface area contributed by atoms with E-state index in [9.17, 15) is 4.79 Å². The van der Waals surface area contributed by atoms with E-state index in [0.717, 1.165) is 35.3 Å². The van der Waals surface area contributed by atoms with E-state index >= 15 is 0 Å². The first-order valence-corrected chi connectivity index (χ1v) is 7.07. The minimum absolute atomic E-state index is 0.134. The zero-order valence-electron chi connectivity index (χ0n) is 11.7. The molecule has 0 fully saturated rings. The van der Waals surface area contributed by atoms with Gasteiger partial charge < -0.3 is 4.74 Å². The summed E-state index contributed by atoms with van der Waals surface area (Å²) in [6.07, 6.45) is 2.46. The molecule has 2 aromatic rings. The van der Waals surface area contributed by atoms with Crippen molar-refractivity contribution in [3.05, 3.63) is 64.7 Å². The van der Waals surface area contributed by atoms with Gasteiger partial charge in [0, 0.05) is 6.42 Å². The molecule has 0 saturated heterocycles. The fraction of sp³-hybridized carbons (Fsp3) is 0.278. The van der Waals surface area contributed by atoms with Crippen LogP contribution in [-0.2, 0) is 12.8 Å². The number of rotatable bonds is 3. The van der Waals surface area contributed by atoms with Crippen molar-refractivity contribution >= 4 is 5.78 Å². The average Bonchev–Trinajstić information content (AvgIpc) is 2.46. The first kappa shape index (κ1) is 12.9. The maximum Gasteiger partial charge on any atom is 0.170 e. The topological polar surface area (TPSA) is 26.3 Å². The van der Waals surface area contributed by atoms with E-state index in [2.05, 4.69) is 12.1 Å². The summed E-state index contributed by atoms with van der Waals surface area (Å²) in [7, 11) is 0. The minimum Gasteiger partial charge on any atom is -0.493 e. The lowest BCUT2D eigenvalue weighted by molar-refractivity contribution is 0.0988. The Morgan fingerprint density at radius 2 is 2.05 bits per heavy atom. The lowest BCUT2D eigenvalue weighted by Crippen LogP contribution is -2.14. The van der Waals surface area contributed by atoms with Crippen molar-refractivity contribution in [2.75, 3.05) is 6.61 Å². The Kier molecular flexibility index (Phi) is 3.55. The van der Waals surface area contributed by atoms with E-state index in [1.807, 2.05) is 37.3 Å². The summed E-state index contributed by atoms with van der Waals surface area (Å²) >= 11 is 0.